The van der Waals surface area contributed by atoms with Crippen molar-refractivity contribution in [2.45, 2.75) is 38.3 Å². The number of carbonyl (C=O) groups is 2. The highest BCUT2D eigenvalue weighted by Gasteiger charge is 2.21. The van der Waals surface area contributed by atoms with E-state index in [0.717, 1.165) is 31.2 Å². The van der Waals surface area contributed by atoms with Gasteiger partial charge in [-0.05, 0) is 24.5 Å². The summed E-state index contributed by atoms with van der Waals surface area (Å²) in [6, 6.07) is 7.38. The molecule has 2 rings (SSSR count). The average Bonchev–Trinajstić information content (AvgIpc) is 2.90. The minimum Gasteiger partial charge on any atom is -0.345 e. The third kappa shape index (κ3) is 3.96. The second-order valence-corrected chi connectivity index (χ2v) is 5.14. The van der Waals surface area contributed by atoms with Gasteiger partial charge in [0.2, 0.25) is 0 Å². The van der Waals surface area contributed by atoms with Crippen LogP contribution in [-0.4, -0.2) is 17.9 Å². The Morgan fingerprint density at radius 2 is 1.84 bits per heavy atom. The number of hydrogen-bond donors (Lipinski definition) is 2. The zero-order valence-electron chi connectivity index (χ0n) is 10.6. The lowest BCUT2D eigenvalue weighted by Crippen LogP contribution is -2.43. The molecule has 0 unspecified atom stereocenters. The van der Waals surface area contributed by atoms with Crippen molar-refractivity contribution >= 4 is 23.4 Å². The van der Waals surface area contributed by atoms with Gasteiger partial charge in [-0.3, -0.25) is 9.59 Å². The SMILES string of the molecule is O=C(NCc1ccccc1Cl)C(=O)NC1CCCC1. The van der Waals surface area contributed by atoms with Gasteiger partial charge < -0.3 is 10.6 Å². The summed E-state index contributed by atoms with van der Waals surface area (Å²) < 4.78 is 0. The standard InChI is InChI=1S/C14H17ClN2O2/c15-12-8-4-1-5-10(12)9-16-13(18)14(19)17-11-6-2-3-7-11/h1,4-5,8,11H,2-3,6-7,9H2,(H,16,18)(H,17,19). The van der Waals surface area contributed by atoms with Gasteiger partial charge in [-0.1, -0.05) is 42.6 Å². The maximum Gasteiger partial charge on any atom is 0.309 e. The largest absolute Gasteiger partial charge is 0.345 e. The monoisotopic (exact) mass is 280 g/mol. The third-order valence-corrected chi connectivity index (χ3v) is 3.66. The van der Waals surface area contributed by atoms with Crippen LogP contribution < -0.4 is 10.6 Å². The smallest absolute Gasteiger partial charge is 0.309 e. The lowest BCUT2D eigenvalue weighted by molar-refractivity contribution is -0.139. The van der Waals surface area contributed by atoms with Crippen molar-refractivity contribution in [3.8, 4) is 0 Å². The van der Waals surface area contributed by atoms with E-state index in [2.05, 4.69) is 10.6 Å². The molecule has 1 aromatic carbocycles. The predicted octanol–water partition coefficient (Wildman–Crippen LogP) is 2.01. The van der Waals surface area contributed by atoms with Crippen LogP contribution >= 0.6 is 11.6 Å². The Hall–Kier alpha value is -1.55. The van der Waals surface area contributed by atoms with Crippen LogP contribution in [0.5, 0.6) is 0 Å². The van der Waals surface area contributed by atoms with Crippen molar-refractivity contribution in [1.29, 1.82) is 0 Å². The van der Waals surface area contributed by atoms with Crippen LogP contribution in [-0.2, 0) is 16.1 Å². The van der Waals surface area contributed by atoms with Crippen LogP contribution in [0.15, 0.2) is 24.3 Å². The Labute approximate surface area is 117 Å². The fourth-order valence-corrected chi connectivity index (χ4v) is 2.42. The Morgan fingerprint density at radius 1 is 1.16 bits per heavy atom. The van der Waals surface area contributed by atoms with Crippen molar-refractivity contribution in [2.24, 2.45) is 0 Å². The molecule has 5 heteroatoms. The molecule has 102 valence electrons. The Balaban J connectivity index is 1.80. The van der Waals surface area contributed by atoms with Crippen LogP contribution in [0.25, 0.3) is 0 Å². The molecular formula is C14H17ClN2O2. The molecule has 1 aliphatic carbocycles. The molecule has 0 heterocycles. The fraction of sp³-hybridized carbons (Fsp3) is 0.429. The van der Waals surface area contributed by atoms with Gasteiger partial charge in [-0.2, -0.15) is 0 Å². The summed E-state index contributed by atoms with van der Waals surface area (Å²) >= 11 is 5.97. The zero-order valence-corrected chi connectivity index (χ0v) is 11.4. The van der Waals surface area contributed by atoms with E-state index in [1.165, 1.54) is 0 Å². The molecule has 4 nitrogen and oxygen atoms in total. The third-order valence-electron chi connectivity index (χ3n) is 3.29. The molecule has 1 fully saturated rings. The van der Waals surface area contributed by atoms with Gasteiger partial charge in [0.25, 0.3) is 0 Å². The molecule has 19 heavy (non-hydrogen) atoms. The number of hydrogen-bond acceptors (Lipinski definition) is 2. The quantitative estimate of drug-likeness (QED) is 0.832. The van der Waals surface area contributed by atoms with Gasteiger partial charge in [0.15, 0.2) is 0 Å². The maximum absolute atomic E-state index is 11.6. The topological polar surface area (TPSA) is 58.2 Å². The van der Waals surface area contributed by atoms with Crippen LogP contribution in [0.3, 0.4) is 0 Å². The molecule has 0 aliphatic heterocycles. The summed E-state index contributed by atoms with van der Waals surface area (Å²) in [5.41, 5.74) is 0.797. The number of carbonyl (C=O) groups excluding carboxylic acids is 2. The molecule has 1 aromatic rings. The highest BCUT2D eigenvalue weighted by Crippen LogP contribution is 2.17. The van der Waals surface area contributed by atoms with Crippen LogP contribution in [0.2, 0.25) is 5.02 Å². The Kier molecular flexibility index (Phi) is 4.80. The van der Waals surface area contributed by atoms with Crippen LogP contribution in [0.1, 0.15) is 31.2 Å². The number of nitrogens with one attached hydrogen (secondary N) is 2. The molecule has 0 bridgehead atoms. The normalized spacial score (nSPS) is 15.2. The van der Waals surface area contributed by atoms with E-state index in [9.17, 15) is 9.59 Å². The summed E-state index contributed by atoms with van der Waals surface area (Å²) in [5, 5.41) is 5.91. The number of halogens is 1. The Bertz CT molecular complexity index is 470. The van der Waals surface area contributed by atoms with Crippen LogP contribution in [0.4, 0.5) is 0 Å². The number of benzene rings is 1. The van der Waals surface area contributed by atoms with Gasteiger partial charge in [-0.25, -0.2) is 0 Å². The van der Waals surface area contributed by atoms with Gasteiger partial charge >= 0.3 is 11.8 Å². The lowest BCUT2D eigenvalue weighted by atomic mass is 10.2. The second kappa shape index (κ2) is 6.57. The van der Waals surface area contributed by atoms with Crippen molar-refractivity contribution in [2.75, 3.05) is 0 Å². The summed E-state index contributed by atoms with van der Waals surface area (Å²) in [5.74, 6) is -1.16. The average molecular weight is 281 g/mol. The van der Waals surface area contributed by atoms with E-state index >= 15 is 0 Å². The summed E-state index contributed by atoms with van der Waals surface area (Å²) in [6.07, 6.45) is 4.16. The van der Waals surface area contributed by atoms with Gasteiger partial charge in [0, 0.05) is 17.6 Å². The minimum absolute atomic E-state index is 0.151. The van der Waals surface area contributed by atoms with E-state index < -0.39 is 11.8 Å². The van der Waals surface area contributed by atoms with Crippen molar-refractivity contribution in [1.82, 2.24) is 10.6 Å². The highest BCUT2D eigenvalue weighted by molar-refractivity contribution is 6.35. The van der Waals surface area contributed by atoms with Crippen molar-refractivity contribution in [3.63, 3.8) is 0 Å². The van der Waals surface area contributed by atoms with Gasteiger partial charge in [0.1, 0.15) is 0 Å². The van der Waals surface area contributed by atoms with E-state index in [1.54, 1.807) is 6.07 Å². The molecule has 1 aliphatic rings. The van der Waals surface area contributed by atoms with Crippen molar-refractivity contribution in [3.05, 3.63) is 34.9 Å². The molecule has 0 saturated heterocycles. The molecule has 0 radical (unpaired) electrons. The number of rotatable bonds is 3. The minimum atomic E-state index is -0.605. The van der Waals surface area contributed by atoms with E-state index in [4.69, 9.17) is 11.6 Å². The van der Waals surface area contributed by atoms with E-state index in [-0.39, 0.29) is 12.6 Å². The van der Waals surface area contributed by atoms with E-state index in [1.807, 2.05) is 18.2 Å². The fourth-order valence-electron chi connectivity index (χ4n) is 2.22. The molecule has 1 saturated carbocycles. The highest BCUT2D eigenvalue weighted by atomic mass is 35.5. The molecule has 2 amide bonds. The first-order valence-corrected chi connectivity index (χ1v) is 6.86. The Morgan fingerprint density at radius 3 is 2.53 bits per heavy atom. The predicted molar refractivity (Wildman–Crippen MR) is 73.7 cm³/mol. The molecular weight excluding hydrogens is 264 g/mol. The van der Waals surface area contributed by atoms with Gasteiger partial charge in [-0.15, -0.1) is 0 Å². The molecule has 0 spiro atoms. The summed E-state index contributed by atoms with van der Waals surface area (Å²) in [4.78, 5) is 23.3. The van der Waals surface area contributed by atoms with Gasteiger partial charge in [0.05, 0.1) is 0 Å². The molecule has 0 aromatic heterocycles. The number of amides is 2. The first-order chi connectivity index (χ1) is 9.16. The van der Waals surface area contributed by atoms with Crippen molar-refractivity contribution < 1.29 is 9.59 Å². The maximum atomic E-state index is 11.6. The lowest BCUT2D eigenvalue weighted by Gasteiger charge is -2.12. The molecule has 0 atom stereocenters. The zero-order chi connectivity index (χ0) is 13.7. The first kappa shape index (κ1) is 13.9. The first-order valence-electron chi connectivity index (χ1n) is 6.49. The van der Waals surface area contributed by atoms with E-state index in [0.29, 0.717) is 5.02 Å². The summed E-state index contributed by atoms with van der Waals surface area (Å²) in [6.45, 7) is 0.261. The second-order valence-electron chi connectivity index (χ2n) is 4.73. The van der Waals surface area contributed by atoms with Crippen LogP contribution in [0, 0.1) is 0 Å². The summed E-state index contributed by atoms with van der Waals surface area (Å²) in [7, 11) is 0. The molecule has 2 N–H and O–H groups in total.